The summed E-state index contributed by atoms with van der Waals surface area (Å²) in [6, 6.07) is 14.8. The second kappa shape index (κ2) is 5.55. The van der Waals surface area contributed by atoms with E-state index >= 15 is 0 Å². The first-order valence-corrected chi connectivity index (χ1v) is 6.88. The minimum Gasteiger partial charge on any atom is -0.497 e. The van der Waals surface area contributed by atoms with Crippen LogP contribution in [0.15, 0.2) is 42.5 Å². The van der Waals surface area contributed by atoms with Gasteiger partial charge in [0.05, 0.1) is 19.8 Å². The van der Waals surface area contributed by atoms with Gasteiger partial charge in [0, 0.05) is 6.42 Å². The third kappa shape index (κ3) is 2.37. The van der Waals surface area contributed by atoms with Crippen molar-refractivity contribution in [3.8, 4) is 11.5 Å². The average Bonchev–Trinajstić information content (AvgIpc) is 2.96. The fraction of sp³-hybridized carbons (Fsp3) is 0.294. The van der Waals surface area contributed by atoms with Gasteiger partial charge < -0.3 is 14.8 Å². The quantitative estimate of drug-likeness (QED) is 0.925. The van der Waals surface area contributed by atoms with E-state index in [0.717, 1.165) is 24.5 Å². The molecule has 2 aromatic carbocycles. The number of methoxy groups -OCH3 is 1. The molecule has 1 aliphatic heterocycles. The van der Waals surface area contributed by atoms with Crippen LogP contribution in [0, 0.1) is 0 Å². The van der Waals surface area contributed by atoms with Crippen LogP contribution in [0.25, 0.3) is 0 Å². The summed E-state index contributed by atoms with van der Waals surface area (Å²) >= 11 is 0. The van der Waals surface area contributed by atoms with Crippen molar-refractivity contribution in [1.29, 1.82) is 0 Å². The molecule has 0 saturated heterocycles. The van der Waals surface area contributed by atoms with E-state index in [9.17, 15) is 0 Å². The van der Waals surface area contributed by atoms with Crippen LogP contribution in [0.2, 0.25) is 0 Å². The van der Waals surface area contributed by atoms with Crippen molar-refractivity contribution in [3.63, 3.8) is 0 Å². The lowest BCUT2D eigenvalue weighted by Crippen LogP contribution is -2.17. The molecule has 0 amide bonds. The molecule has 1 atom stereocenters. The van der Waals surface area contributed by atoms with Crippen molar-refractivity contribution in [2.24, 2.45) is 0 Å². The summed E-state index contributed by atoms with van der Waals surface area (Å²) in [5.74, 6) is 1.91. The van der Waals surface area contributed by atoms with Gasteiger partial charge in [-0.05, 0) is 41.9 Å². The van der Waals surface area contributed by atoms with E-state index in [1.165, 1.54) is 16.7 Å². The minimum atomic E-state index is 0.187. The van der Waals surface area contributed by atoms with Crippen LogP contribution in [0.1, 0.15) is 22.7 Å². The second-order valence-corrected chi connectivity index (χ2v) is 4.96. The summed E-state index contributed by atoms with van der Waals surface area (Å²) < 4.78 is 10.8. The lowest BCUT2D eigenvalue weighted by atomic mass is 9.96. The molecule has 0 fully saturated rings. The number of nitrogens with one attached hydrogen (secondary N) is 1. The zero-order valence-corrected chi connectivity index (χ0v) is 11.8. The van der Waals surface area contributed by atoms with Gasteiger partial charge >= 0.3 is 0 Å². The van der Waals surface area contributed by atoms with Crippen LogP contribution in [-0.2, 0) is 6.42 Å². The van der Waals surface area contributed by atoms with Gasteiger partial charge in [-0.3, -0.25) is 0 Å². The number of hydrogen-bond donors (Lipinski definition) is 1. The summed E-state index contributed by atoms with van der Waals surface area (Å²) in [5, 5.41) is 3.38. The Kier molecular flexibility index (Phi) is 3.61. The normalized spacial score (nSPS) is 14.5. The summed E-state index contributed by atoms with van der Waals surface area (Å²) in [5.41, 5.74) is 3.80. The number of benzene rings is 2. The molecule has 0 saturated carbocycles. The topological polar surface area (TPSA) is 30.5 Å². The SMILES string of the molecule is CNC(c1ccc(OC)cc1)c1ccc2c(c1)CCO2. The molecule has 0 bridgehead atoms. The van der Waals surface area contributed by atoms with Crippen molar-refractivity contribution in [2.75, 3.05) is 20.8 Å². The van der Waals surface area contributed by atoms with E-state index in [4.69, 9.17) is 9.47 Å². The zero-order valence-electron chi connectivity index (χ0n) is 11.8. The highest BCUT2D eigenvalue weighted by atomic mass is 16.5. The highest BCUT2D eigenvalue weighted by Gasteiger charge is 2.17. The molecule has 1 N–H and O–H groups in total. The zero-order chi connectivity index (χ0) is 13.9. The van der Waals surface area contributed by atoms with Crippen molar-refractivity contribution in [1.82, 2.24) is 5.32 Å². The monoisotopic (exact) mass is 269 g/mol. The van der Waals surface area contributed by atoms with Gasteiger partial charge in [-0.25, -0.2) is 0 Å². The fourth-order valence-electron chi connectivity index (χ4n) is 2.71. The number of hydrogen-bond acceptors (Lipinski definition) is 3. The van der Waals surface area contributed by atoms with Crippen LogP contribution >= 0.6 is 0 Å². The van der Waals surface area contributed by atoms with Gasteiger partial charge in [-0.1, -0.05) is 24.3 Å². The second-order valence-electron chi connectivity index (χ2n) is 4.96. The third-order valence-corrected chi connectivity index (χ3v) is 3.78. The van der Waals surface area contributed by atoms with E-state index < -0.39 is 0 Å². The maximum atomic E-state index is 5.57. The lowest BCUT2D eigenvalue weighted by molar-refractivity contribution is 0.357. The van der Waals surface area contributed by atoms with Crippen molar-refractivity contribution in [2.45, 2.75) is 12.5 Å². The van der Waals surface area contributed by atoms with E-state index in [2.05, 4.69) is 35.6 Å². The molecule has 20 heavy (non-hydrogen) atoms. The van der Waals surface area contributed by atoms with Gasteiger partial charge in [-0.15, -0.1) is 0 Å². The number of rotatable bonds is 4. The molecule has 2 aromatic rings. The molecular weight excluding hydrogens is 250 g/mol. The number of ether oxygens (including phenoxy) is 2. The standard InChI is InChI=1S/C17H19NO2/c1-18-17(12-3-6-15(19-2)7-4-12)14-5-8-16-13(11-14)9-10-20-16/h3-8,11,17-18H,9-10H2,1-2H3. The Bertz CT molecular complexity index is 592. The maximum Gasteiger partial charge on any atom is 0.122 e. The van der Waals surface area contributed by atoms with Crippen LogP contribution < -0.4 is 14.8 Å². The minimum absolute atomic E-state index is 0.187. The van der Waals surface area contributed by atoms with Gasteiger partial charge in [0.2, 0.25) is 0 Å². The smallest absolute Gasteiger partial charge is 0.122 e. The Morgan fingerprint density at radius 1 is 1.10 bits per heavy atom. The molecule has 3 nitrogen and oxygen atoms in total. The van der Waals surface area contributed by atoms with Crippen molar-refractivity contribution in [3.05, 3.63) is 59.2 Å². The lowest BCUT2D eigenvalue weighted by Gasteiger charge is -2.18. The predicted molar refractivity (Wildman–Crippen MR) is 79.5 cm³/mol. The molecule has 0 radical (unpaired) electrons. The Morgan fingerprint density at radius 3 is 2.55 bits per heavy atom. The van der Waals surface area contributed by atoms with Crippen LogP contribution in [0.5, 0.6) is 11.5 Å². The van der Waals surface area contributed by atoms with Crippen molar-refractivity contribution < 1.29 is 9.47 Å². The first kappa shape index (κ1) is 13.0. The summed E-state index contributed by atoms with van der Waals surface area (Å²) in [7, 11) is 3.67. The Balaban J connectivity index is 1.92. The van der Waals surface area contributed by atoms with E-state index in [1.54, 1.807) is 7.11 Å². The molecule has 0 aromatic heterocycles. The molecule has 1 unspecified atom stereocenters. The Morgan fingerprint density at radius 2 is 1.85 bits per heavy atom. The van der Waals surface area contributed by atoms with Gasteiger partial charge in [-0.2, -0.15) is 0 Å². The fourth-order valence-corrected chi connectivity index (χ4v) is 2.71. The van der Waals surface area contributed by atoms with E-state index in [1.807, 2.05) is 19.2 Å². The molecule has 3 rings (SSSR count). The molecule has 3 heteroatoms. The third-order valence-electron chi connectivity index (χ3n) is 3.78. The molecular formula is C17H19NO2. The van der Waals surface area contributed by atoms with Gasteiger partial charge in [0.25, 0.3) is 0 Å². The molecule has 1 heterocycles. The van der Waals surface area contributed by atoms with Gasteiger partial charge in [0.15, 0.2) is 0 Å². The first-order chi connectivity index (χ1) is 9.81. The highest BCUT2D eigenvalue weighted by Crippen LogP contribution is 2.30. The van der Waals surface area contributed by atoms with E-state index in [-0.39, 0.29) is 6.04 Å². The maximum absolute atomic E-state index is 5.57. The van der Waals surface area contributed by atoms with Crippen LogP contribution in [0.3, 0.4) is 0 Å². The largest absolute Gasteiger partial charge is 0.497 e. The summed E-state index contributed by atoms with van der Waals surface area (Å²) in [6.45, 7) is 0.797. The summed E-state index contributed by atoms with van der Waals surface area (Å²) in [4.78, 5) is 0. The highest BCUT2D eigenvalue weighted by molar-refractivity contribution is 5.43. The molecule has 1 aliphatic rings. The average molecular weight is 269 g/mol. The van der Waals surface area contributed by atoms with Crippen LogP contribution in [-0.4, -0.2) is 20.8 Å². The molecule has 0 spiro atoms. The summed E-state index contributed by atoms with van der Waals surface area (Å²) in [6.07, 6.45) is 1.00. The molecule has 104 valence electrons. The number of fused-ring (bicyclic) bond motifs is 1. The van der Waals surface area contributed by atoms with E-state index in [0.29, 0.717) is 0 Å². The Labute approximate surface area is 119 Å². The first-order valence-electron chi connectivity index (χ1n) is 6.88. The van der Waals surface area contributed by atoms with Crippen LogP contribution in [0.4, 0.5) is 0 Å². The van der Waals surface area contributed by atoms with Crippen molar-refractivity contribution >= 4 is 0 Å². The predicted octanol–water partition coefficient (Wildman–Crippen LogP) is 2.94. The molecule has 0 aliphatic carbocycles. The van der Waals surface area contributed by atoms with Gasteiger partial charge in [0.1, 0.15) is 11.5 Å². The Hall–Kier alpha value is -2.00.